The minimum absolute atomic E-state index is 0.0928. The number of nitrogens with one attached hydrogen (secondary N) is 3. The van der Waals surface area contributed by atoms with Gasteiger partial charge < -0.3 is 25.9 Å². The number of hydrogen-bond donors (Lipinski definition) is 5. The van der Waals surface area contributed by atoms with E-state index in [1.54, 1.807) is 18.9 Å². The number of aliphatic hydroxyl groups is 2. The Kier molecular flexibility index (Phi) is 13.6. The molecule has 2 unspecified atom stereocenters. The van der Waals surface area contributed by atoms with Gasteiger partial charge in [0.1, 0.15) is 11.8 Å². The smallest absolute Gasteiger partial charge is 0.253 e. The lowest BCUT2D eigenvalue weighted by Crippen LogP contribution is -2.43. The Labute approximate surface area is 204 Å². The summed E-state index contributed by atoms with van der Waals surface area (Å²) >= 11 is 0. The zero-order chi connectivity index (χ0) is 25.5. The van der Waals surface area contributed by atoms with Crippen LogP contribution in [0.5, 0.6) is 0 Å². The largest absolute Gasteiger partial charge is 0.509 e. The highest BCUT2D eigenvalue weighted by atomic mass is 16.3. The van der Waals surface area contributed by atoms with Crippen molar-refractivity contribution in [3.05, 3.63) is 82.7 Å². The monoisotopic (exact) mass is 470 g/mol. The van der Waals surface area contributed by atoms with Crippen molar-refractivity contribution >= 4 is 5.91 Å². The summed E-state index contributed by atoms with van der Waals surface area (Å²) in [7, 11) is 1.72. The minimum atomic E-state index is -0.524. The second-order valence-corrected chi connectivity index (χ2v) is 7.60. The highest BCUT2D eigenvalue weighted by molar-refractivity contribution is 5.94. The maximum absolute atomic E-state index is 12.6. The fourth-order valence-electron chi connectivity index (χ4n) is 3.38. The summed E-state index contributed by atoms with van der Waals surface area (Å²) in [6.07, 6.45) is 0.283. The first-order valence-electron chi connectivity index (χ1n) is 12.1. The predicted molar refractivity (Wildman–Crippen MR) is 139 cm³/mol. The summed E-state index contributed by atoms with van der Waals surface area (Å²) in [6.45, 7) is 11.4. The molecule has 34 heavy (non-hydrogen) atoms. The third-order valence-electron chi connectivity index (χ3n) is 5.26. The van der Waals surface area contributed by atoms with E-state index in [0.717, 1.165) is 24.1 Å². The molecule has 1 aliphatic heterocycles. The average Bonchev–Trinajstić information content (AvgIpc) is 3.21. The van der Waals surface area contributed by atoms with Gasteiger partial charge in [0.05, 0.1) is 11.8 Å². The number of benzene rings is 2. The van der Waals surface area contributed by atoms with Crippen molar-refractivity contribution in [3.8, 4) is 0 Å². The second-order valence-electron chi connectivity index (χ2n) is 7.60. The number of hydrazine groups is 1. The summed E-state index contributed by atoms with van der Waals surface area (Å²) in [5.74, 6) is 0.139. The molecule has 7 nitrogen and oxygen atoms in total. The average molecular weight is 471 g/mol. The Hall–Kier alpha value is -2.87. The van der Waals surface area contributed by atoms with Crippen LogP contribution in [-0.2, 0) is 6.42 Å². The SMILES string of the molecule is CC.CC.CC1=C(O)C(CN(C)C(=O)c2ccc(CCNCC(O)c3ccccc3)cc2)NN1. The van der Waals surface area contributed by atoms with Gasteiger partial charge in [-0.2, -0.15) is 0 Å². The molecule has 0 fully saturated rings. The molecule has 7 heteroatoms. The molecular weight excluding hydrogens is 428 g/mol. The van der Waals surface area contributed by atoms with Crippen LogP contribution in [0.3, 0.4) is 0 Å². The van der Waals surface area contributed by atoms with Gasteiger partial charge in [-0.25, -0.2) is 5.43 Å². The lowest BCUT2D eigenvalue weighted by Gasteiger charge is -2.21. The van der Waals surface area contributed by atoms with Crippen LogP contribution in [-0.4, -0.2) is 53.7 Å². The predicted octanol–water partition coefficient (Wildman–Crippen LogP) is 3.94. The molecule has 1 amide bonds. The van der Waals surface area contributed by atoms with Crippen LogP contribution >= 0.6 is 0 Å². The van der Waals surface area contributed by atoms with Crippen molar-refractivity contribution in [2.75, 3.05) is 26.7 Å². The molecule has 1 heterocycles. The van der Waals surface area contributed by atoms with E-state index in [-0.39, 0.29) is 17.7 Å². The summed E-state index contributed by atoms with van der Waals surface area (Å²) in [5, 5.41) is 23.4. The van der Waals surface area contributed by atoms with Crippen molar-refractivity contribution in [3.63, 3.8) is 0 Å². The highest BCUT2D eigenvalue weighted by Gasteiger charge is 2.25. The topological polar surface area (TPSA) is 96.9 Å². The second kappa shape index (κ2) is 15.9. The van der Waals surface area contributed by atoms with Gasteiger partial charge in [0, 0.05) is 25.7 Å². The number of hydrogen-bond acceptors (Lipinski definition) is 6. The highest BCUT2D eigenvalue weighted by Crippen LogP contribution is 2.13. The Morgan fingerprint density at radius 1 is 1.06 bits per heavy atom. The number of aliphatic hydroxyl groups excluding tert-OH is 2. The Balaban J connectivity index is 0.00000137. The minimum Gasteiger partial charge on any atom is -0.509 e. The zero-order valence-corrected chi connectivity index (χ0v) is 21.4. The summed E-state index contributed by atoms with van der Waals surface area (Å²) in [5.41, 5.74) is 9.14. The van der Waals surface area contributed by atoms with E-state index >= 15 is 0 Å². The van der Waals surface area contributed by atoms with E-state index < -0.39 is 6.10 Å². The molecule has 0 saturated carbocycles. The maximum Gasteiger partial charge on any atom is 0.253 e. The molecule has 3 rings (SSSR count). The van der Waals surface area contributed by atoms with Crippen molar-refractivity contribution in [2.45, 2.75) is 53.2 Å². The van der Waals surface area contributed by atoms with Gasteiger partial charge in [-0.1, -0.05) is 70.2 Å². The normalized spacial score (nSPS) is 15.3. The van der Waals surface area contributed by atoms with E-state index in [1.165, 1.54) is 0 Å². The van der Waals surface area contributed by atoms with Crippen LogP contribution in [0.4, 0.5) is 0 Å². The molecule has 5 N–H and O–H groups in total. The van der Waals surface area contributed by atoms with Crippen LogP contribution < -0.4 is 16.2 Å². The van der Waals surface area contributed by atoms with E-state index in [9.17, 15) is 15.0 Å². The number of amides is 1. The third kappa shape index (κ3) is 8.82. The molecule has 0 bridgehead atoms. The Morgan fingerprint density at radius 3 is 2.24 bits per heavy atom. The number of allylic oxidation sites excluding steroid dienone is 1. The molecule has 0 radical (unpaired) electrons. The first-order chi connectivity index (χ1) is 16.5. The van der Waals surface area contributed by atoms with Crippen molar-refractivity contribution in [1.29, 1.82) is 0 Å². The van der Waals surface area contributed by atoms with Gasteiger partial charge >= 0.3 is 0 Å². The molecule has 0 spiro atoms. The van der Waals surface area contributed by atoms with Gasteiger partial charge in [0.2, 0.25) is 0 Å². The summed E-state index contributed by atoms with van der Waals surface area (Å²) in [6, 6.07) is 16.8. The molecule has 2 atom stereocenters. The van der Waals surface area contributed by atoms with Crippen LogP contribution in [0.2, 0.25) is 0 Å². The van der Waals surface area contributed by atoms with Gasteiger partial charge in [-0.3, -0.25) is 4.79 Å². The van der Waals surface area contributed by atoms with Crippen LogP contribution in [0, 0.1) is 0 Å². The molecular formula is C27H42N4O3. The Morgan fingerprint density at radius 2 is 1.68 bits per heavy atom. The molecule has 188 valence electrons. The molecule has 1 aliphatic rings. The van der Waals surface area contributed by atoms with E-state index in [1.807, 2.05) is 82.3 Å². The fourth-order valence-corrected chi connectivity index (χ4v) is 3.38. The third-order valence-corrected chi connectivity index (χ3v) is 5.26. The molecule has 2 aromatic carbocycles. The van der Waals surface area contributed by atoms with Crippen LogP contribution in [0.1, 0.15) is 62.2 Å². The van der Waals surface area contributed by atoms with Gasteiger partial charge in [0.15, 0.2) is 0 Å². The number of carbonyl (C=O) groups excluding carboxylic acids is 1. The zero-order valence-electron chi connectivity index (χ0n) is 21.4. The first-order valence-corrected chi connectivity index (χ1v) is 12.1. The quantitative estimate of drug-likeness (QED) is 0.356. The van der Waals surface area contributed by atoms with E-state index in [2.05, 4.69) is 16.2 Å². The standard InChI is InChI=1S/C23H30N4O3.2C2H6/c1-16-22(29)20(26-25-16)15-27(2)23(30)19-10-8-17(9-11-19)12-13-24-14-21(28)18-6-4-3-5-7-18;2*1-2/h3-11,20-21,24-26,28-29H,12-15H2,1-2H3;2*1-2H3. The van der Waals surface area contributed by atoms with Crippen LogP contribution in [0.15, 0.2) is 66.1 Å². The van der Waals surface area contributed by atoms with Gasteiger partial charge in [0.25, 0.3) is 5.91 Å². The van der Waals surface area contributed by atoms with Crippen molar-refractivity contribution < 1.29 is 15.0 Å². The maximum atomic E-state index is 12.6. The van der Waals surface area contributed by atoms with Gasteiger partial charge in [-0.05, 0) is 43.1 Å². The van der Waals surface area contributed by atoms with E-state index in [4.69, 9.17) is 0 Å². The lowest BCUT2D eigenvalue weighted by atomic mass is 10.1. The first kappa shape index (κ1) is 29.2. The Bertz CT molecular complexity index is 869. The van der Waals surface area contributed by atoms with Crippen molar-refractivity contribution in [1.82, 2.24) is 21.1 Å². The molecule has 0 saturated heterocycles. The molecule has 0 aromatic heterocycles. The van der Waals surface area contributed by atoms with Crippen molar-refractivity contribution in [2.24, 2.45) is 0 Å². The lowest BCUT2D eigenvalue weighted by molar-refractivity contribution is 0.0781. The summed E-state index contributed by atoms with van der Waals surface area (Å²) in [4.78, 5) is 14.2. The number of nitrogens with zero attached hydrogens (tertiary/aromatic N) is 1. The number of likely N-dealkylation sites (N-methyl/N-ethyl adjacent to an activating group) is 1. The summed E-state index contributed by atoms with van der Waals surface area (Å²) < 4.78 is 0. The van der Waals surface area contributed by atoms with Gasteiger partial charge in [-0.15, -0.1) is 0 Å². The van der Waals surface area contributed by atoms with E-state index in [0.29, 0.717) is 24.4 Å². The molecule has 0 aliphatic carbocycles. The number of rotatable bonds is 9. The number of carbonyl (C=O) groups is 1. The molecule has 2 aromatic rings. The van der Waals surface area contributed by atoms with Crippen LogP contribution in [0.25, 0.3) is 0 Å². The fraction of sp³-hybridized carbons (Fsp3) is 0.444.